The van der Waals surface area contributed by atoms with Gasteiger partial charge in [-0.25, -0.2) is 14.4 Å². The summed E-state index contributed by atoms with van der Waals surface area (Å²) in [6, 6.07) is 0. The molecule has 0 unspecified atom stereocenters. The Balaban J connectivity index is 3.91. The van der Waals surface area contributed by atoms with E-state index in [-0.39, 0.29) is 5.57 Å². The summed E-state index contributed by atoms with van der Waals surface area (Å²) in [5, 5.41) is 0. The molecule has 0 aliphatic carbocycles. The minimum Gasteiger partial charge on any atom is -0.450 e. The highest BCUT2D eigenvalue weighted by Crippen LogP contribution is 1.93. The molecule has 5 nitrogen and oxygen atoms in total. The van der Waals surface area contributed by atoms with Gasteiger partial charge < -0.3 is 9.47 Å². The molecule has 0 bridgehead atoms. The SMILES string of the molecule is C=C(C)C(=O)OCC(=O)OC(=O)C=CC. The largest absolute Gasteiger partial charge is 0.450 e. The van der Waals surface area contributed by atoms with Crippen LogP contribution in [0, 0.1) is 0 Å². The van der Waals surface area contributed by atoms with Gasteiger partial charge in [0.05, 0.1) is 0 Å². The van der Waals surface area contributed by atoms with Crippen LogP contribution in [0.25, 0.3) is 0 Å². The lowest BCUT2D eigenvalue weighted by atomic mass is 10.4. The summed E-state index contributed by atoms with van der Waals surface area (Å²) in [4.78, 5) is 32.4. The van der Waals surface area contributed by atoms with Gasteiger partial charge in [-0.1, -0.05) is 12.7 Å². The summed E-state index contributed by atoms with van der Waals surface area (Å²) in [6.07, 6.45) is 2.51. The summed E-state index contributed by atoms with van der Waals surface area (Å²) >= 11 is 0. The Labute approximate surface area is 87.4 Å². The first-order valence-electron chi connectivity index (χ1n) is 4.17. The molecule has 82 valence electrons. The number of esters is 3. The predicted octanol–water partition coefficient (Wildman–Crippen LogP) is 0.752. The highest BCUT2D eigenvalue weighted by atomic mass is 16.6. The molecular formula is C10H12O5. The highest BCUT2D eigenvalue weighted by Gasteiger charge is 2.11. The Kier molecular flexibility index (Phi) is 5.70. The van der Waals surface area contributed by atoms with E-state index in [1.54, 1.807) is 6.92 Å². The van der Waals surface area contributed by atoms with Gasteiger partial charge in [-0.2, -0.15) is 0 Å². The van der Waals surface area contributed by atoms with Gasteiger partial charge in [-0.3, -0.25) is 0 Å². The first-order valence-corrected chi connectivity index (χ1v) is 4.17. The van der Waals surface area contributed by atoms with Crippen molar-refractivity contribution in [1.29, 1.82) is 0 Å². The predicted molar refractivity (Wildman–Crippen MR) is 51.7 cm³/mol. The maximum absolute atomic E-state index is 10.9. The van der Waals surface area contributed by atoms with Crippen LogP contribution >= 0.6 is 0 Å². The third-order valence-electron chi connectivity index (χ3n) is 1.19. The zero-order chi connectivity index (χ0) is 11.8. The van der Waals surface area contributed by atoms with E-state index in [0.717, 1.165) is 6.08 Å². The summed E-state index contributed by atoms with van der Waals surface area (Å²) in [7, 11) is 0. The van der Waals surface area contributed by atoms with Crippen LogP contribution in [-0.4, -0.2) is 24.5 Å². The van der Waals surface area contributed by atoms with Crippen LogP contribution in [0.5, 0.6) is 0 Å². The molecule has 0 aromatic rings. The molecule has 0 radical (unpaired) electrons. The van der Waals surface area contributed by atoms with Crippen LogP contribution in [0.4, 0.5) is 0 Å². The molecule has 0 aromatic heterocycles. The van der Waals surface area contributed by atoms with Gasteiger partial charge in [0.25, 0.3) is 0 Å². The number of carbonyl (C=O) groups is 3. The van der Waals surface area contributed by atoms with Crippen molar-refractivity contribution in [2.45, 2.75) is 13.8 Å². The Morgan fingerprint density at radius 3 is 2.40 bits per heavy atom. The molecule has 0 saturated carbocycles. The average Bonchev–Trinajstić information content (AvgIpc) is 2.14. The van der Waals surface area contributed by atoms with Gasteiger partial charge in [-0.05, 0) is 13.8 Å². The molecule has 0 spiro atoms. The van der Waals surface area contributed by atoms with Crippen molar-refractivity contribution < 1.29 is 23.9 Å². The van der Waals surface area contributed by atoms with Crippen LogP contribution in [0.1, 0.15) is 13.8 Å². The van der Waals surface area contributed by atoms with Gasteiger partial charge in [0.15, 0.2) is 6.61 Å². The fourth-order valence-electron chi connectivity index (χ4n) is 0.559. The molecule has 0 aliphatic heterocycles. The Bertz CT molecular complexity index is 314. The van der Waals surface area contributed by atoms with Gasteiger partial charge >= 0.3 is 17.9 Å². The normalized spacial score (nSPS) is 9.73. The van der Waals surface area contributed by atoms with E-state index in [4.69, 9.17) is 0 Å². The highest BCUT2D eigenvalue weighted by molar-refractivity contribution is 5.94. The maximum atomic E-state index is 10.9. The first kappa shape index (κ1) is 13.1. The first-order chi connectivity index (χ1) is 6.97. The molecule has 0 aromatic carbocycles. The van der Waals surface area contributed by atoms with Crippen molar-refractivity contribution in [3.8, 4) is 0 Å². The van der Waals surface area contributed by atoms with E-state index in [0.29, 0.717) is 0 Å². The van der Waals surface area contributed by atoms with Gasteiger partial charge in [0.2, 0.25) is 0 Å². The second kappa shape index (κ2) is 6.53. The van der Waals surface area contributed by atoms with Crippen LogP contribution in [0.15, 0.2) is 24.3 Å². The summed E-state index contributed by atoms with van der Waals surface area (Å²) in [5.74, 6) is -2.42. The Morgan fingerprint density at radius 2 is 1.93 bits per heavy atom. The molecule has 0 saturated heterocycles. The average molecular weight is 212 g/mol. The van der Waals surface area contributed by atoms with Gasteiger partial charge in [0, 0.05) is 11.6 Å². The lowest BCUT2D eigenvalue weighted by Gasteiger charge is -2.02. The number of hydrogen-bond donors (Lipinski definition) is 0. The molecule has 0 atom stereocenters. The molecule has 0 fully saturated rings. The van der Waals surface area contributed by atoms with Crippen molar-refractivity contribution in [3.05, 3.63) is 24.3 Å². The number of rotatable bonds is 4. The van der Waals surface area contributed by atoms with E-state index in [2.05, 4.69) is 16.1 Å². The Morgan fingerprint density at radius 1 is 1.33 bits per heavy atom. The number of allylic oxidation sites excluding steroid dienone is 1. The third-order valence-corrected chi connectivity index (χ3v) is 1.19. The minimum atomic E-state index is -0.923. The van der Waals surface area contributed by atoms with Crippen molar-refractivity contribution in [3.63, 3.8) is 0 Å². The zero-order valence-corrected chi connectivity index (χ0v) is 8.61. The molecule has 0 rings (SSSR count). The lowest BCUT2D eigenvalue weighted by molar-refractivity contribution is -0.163. The third kappa shape index (κ3) is 6.20. The van der Waals surface area contributed by atoms with Crippen molar-refractivity contribution in [1.82, 2.24) is 0 Å². The van der Waals surface area contributed by atoms with E-state index in [1.807, 2.05) is 0 Å². The molecule has 0 N–H and O–H groups in total. The standard InChI is InChI=1S/C10H12O5/c1-4-5-8(11)15-9(12)6-14-10(13)7(2)3/h4-5H,2,6H2,1,3H3. The molecule has 0 heterocycles. The zero-order valence-electron chi connectivity index (χ0n) is 8.61. The van der Waals surface area contributed by atoms with Crippen molar-refractivity contribution in [2.24, 2.45) is 0 Å². The van der Waals surface area contributed by atoms with Crippen LogP contribution in [0.2, 0.25) is 0 Å². The fourth-order valence-corrected chi connectivity index (χ4v) is 0.559. The number of ether oxygens (including phenoxy) is 2. The van der Waals surface area contributed by atoms with Gasteiger partial charge in [0.1, 0.15) is 0 Å². The molecule has 0 aliphatic rings. The molecule has 15 heavy (non-hydrogen) atoms. The second-order valence-corrected chi connectivity index (χ2v) is 2.65. The Hall–Kier alpha value is -1.91. The number of carbonyl (C=O) groups excluding carboxylic acids is 3. The van der Waals surface area contributed by atoms with Crippen LogP contribution in [-0.2, 0) is 23.9 Å². The monoisotopic (exact) mass is 212 g/mol. The van der Waals surface area contributed by atoms with E-state index in [9.17, 15) is 14.4 Å². The van der Waals surface area contributed by atoms with E-state index >= 15 is 0 Å². The molecule has 0 amide bonds. The topological polar surface area (TPSA) is 69.7 Å². The molecular weight excluding hydrogens is 200 g/mol. The second-order valence-electron chi connectivity index (χ2n) is 2.65. The molecule has 5 heteroatoms. The lowest BCUT2D eigenvalue weighted by Crippen LogP contribution is -2.19. The smallest absolute Gasteiger partial charge is 0.352 e. The van der Waals surface area contributed by atoms with Crippen LogP contribution < -0.4 is 0 Å². The maximum Gasteiger partial charge on any atom is 0.352 e. The van der Waals surface area contributed by atoms with Crippen LogP contribution in [0.3, 0.4) is 0 Å². The summed E-state index contributed by atoms with van der Waals surface area (Å²) in [5.41, 5.74) is 0.169. The van der Waals surface area contributed by atoms with Gasteiger partial charge in [-0.15, -0.1) is 0 Å². The minimum absolute atomic E-state index is 0.169. The quantitative estimate of drug-likeness (QED) is 0.390. The van der Waals surface area contributed by atoms with E-state index < -0.39 is 24.5 Å². The summed E-state index contributed by atoms with van der Waals surface area (Å²) < 4.78 is 8.70. The number of hydrogen-bond acceptors (Lipinski definition) is 5. The fraction of sp³-hybridized carbons (Fsp3) is 0.300. The van der Waals surface area contributed by atoms with Crippen molar-refractivity contribution >= 4 is 17.9 Å². The van der Waals surface area contributed by atoms with E-state index in [1.165, 1.54) is 13.0 Å². The van der Waals surface area contributed by atoms with Crippen molar-refractivity contribution in [2.75, 3.05) is 6.61 Å². The summed E-state index contributed by atoms with van der Waals surface area (Å²) in [6.45, 7) is 5.76.